The van der Waals surface area contributed by atoms with Gasteiger partial charge in [0, 0.05) is 13.7 Å². The van der Waals surface area contributed by atoms with E-state index in [0.29, 0.717) is 25.9 Å². The Hall–Kier alpha value is -1.31. The molecule has 0 aromatic rings. The van der Waals surface area contributed by atoms with Gasteiger partial charge in [-0.1, -0.05) is 0 Å². The summed E-state index contributed by atoms with van der Waals surface area (Å²) in [6.45, 7) is 0.310. The number of ether oxygens (including phenoxy) is 1. The van der Waals surface area contributed by atoms with Gasteiger partial charge in [0.1, 0.15) is 6.04 Å². The summed E-state index contributed by atoms with van der Waals surface area (Å²) < 4.78 is 41.4. The van der Waals surface area contributed by atoms with E-state index < -0.39 is 35.9 Å². The van der Waals surface area contributed by atoms with Crippen molar-refractivity contribution >= 4 is 11.9 Å². The Bertz CT molecular complexity index is 352. The Kier molecular flexibility index (Phi) is 4.78. The molecule has 1 saturated carbocycles. The molecule has 1 aliphatic rings. The fraction of sp³-hybridized carbons (Fsp3) is 0.818. The van der Waals surface area contributed by atoms with Crippen LogP contribution in [-0.2, 0) is 14.3 Å². The van der Waals surface area contributed by atoms with E-state index in [1.807, 2.05) is 5.32 Å². The molecule has 1 rings (SSSR count). The average molecular weight is 283 g/mol. The average Bonchev–Trinajstić information content (AvgIpc) is 3.04. The molecule has 110 valence electrons. The Morgan fingerprint density at radius 2 is 2.00 bits per heavy atom. The zero-order valence-corrected chi connectivity index (χ0v) is 10.4. The highest BCUT2D eigenvalue weighted by Crippen LogP contribution is 2.49. The van der Waals surface area contributed by atoms with Crippen LogP contribution in [0.1, 0.15) is 25.7 Å². The summed E-state index contributed by atoms with van der Waals surface area (Å²) in [5.41, 5.74) is -0.755. The Labute approximate surface area is 108 Å². The second-order valence-electron chi connectivity index (χ2n) is 4.71. The number of aliphatic carboxylic acids is 1. The lowest BCUT2D eigenvalue weighted by Crippen LogP contribution is -2.46. The smallest absolute Gasteiger partial charge is 0.391 e. The highest BCUT2D eigenvalue weighted by atomic mass is 19.4. The molecule has 0 saturated heterocycles. The summed E-state index contributed by atoms with van der Waals surface area (Å²) in [5, 5.41) is 10.7. The SMILES string of the molecule is COCCC1(C(=O)NC(CC(F)(F)F)C(=O)O)CC1. The third kappa shape index (κ3) is 4.70. The minimum atomic E-state index is -4.64. The van der Waals surface area contributed by atoms with Crippen LogP contribution in [0.2, 0.25) is 0 Å². The fourth-order valence-electron chi connectivity index (χ4n) is 1.78. The molecule has 2 N–H and O–H groups in total. The lowest BCUT2D eigenvalue weighted by Gasteiger charge is -2.20. The molecular weight excluding hydrogens is 267 g/mol. The summed E-state index contributed by atoms with van der Waals surface area (Å²) in [6, 6.07) is -1.94. The number of alkyl halides is 3. The third-order valence-corrected chi connectivity index (χ3v) is 3.16. The highest BCUT2D eigenvalue weighted by molar-refractivity contribution is 5.89. The van der Waals surface area contributed by atoms with Gasteiger partial charge in [0.25, 0.3) is 0 Å². The number of hydrogen-bond acceptors (Lipinski definition) is 3. The van der Waals surface area contributed by atoms with Gasteiger partial charge in [-0.25, -0.2) is 4.79 Å². The van der Waals surface area contributed by atoms with Crippen molar-refractivity contribution in [3.8, 4) is 0 Å². The van der Waals surface area contributed by atoms with Gasteiger partial charge in [0.2, 0.25) is 5.91 Å². The van der Waals surface area contributed by atoms with Crippen molar-refractivity contribution in [3.63, 3.8) is 0 Å². The van der Waals surface area contributed by atoms with E-state index in [9.17, 15) is 22.8 Å². The normalized spacial score (nSPS) is 18.7. The zero-order chi connectivity index (χ0) is 14.7. The molecule has 1 unspecified atom stereocenters. The van der Waals surface area contributed by atoms with Crippen LogP contribution >= 0.6 is 0 Å². The molecule has 19 heavy (non-hydrogen) atoms. The second kappa shape index (κ2) is 5.77. The minimum Gasteiger partial charge on any atom is -0.480 e. The number of carboxylic acid groups (broad SMARTS) is 1. The van der Waals surface area contributed by atoms with Gasteiger partial charge in [0.05, 0.1) is 11.8 Å². The number of carboxylic acids is 1. The van der Waals surface area contributed by atoms with Crippen LogP contribution in [0.3, 0.4) is 0 Å². The van der Waals surface area contributed by atoms with E-state index in [4.69, 9.17) is 9.84 Å². The molecule has 0 aromatic carbocycles. The standard InChI is InChI=1S/C11H16F3NO4/c1-19-5-4-10(2-3-10)9(18)15-7(8(16)17)6-11(12,13)14/h7H,2-6H2,1H3,(H,15,18)(H,16,17). The number of halogens is 3. The van der Waals surface area contributed by atoms with E-state index in [2.05, 4.69) is 0 Å². The predicted octanol–water partition coefficient (Wildman–Crippen LogP) is 1.32. The molecule has 0 bridgehead atoms. The first-order valence-corrected chi connectivity index (χ1v) is 5.80. The first-order chi connectivity index (χ1) is 8.70. The molecule has 0 aromatic heterocycles. The van der Waals surface area contributed by atoms with Crippen LogP contribution in [0.4, 0.5) is 13.2 Å². The first kappa shape index (κ1) is 15.7. The van der Waals surface area contributed by atoms with Crippen molar-refractivity contribution < 1.29 is 32.6 Å². The zero-order valence-electron chi connectivity index (χ0n) is 10.4. The van der Waals surface area contributed by atoms with Crippen molar-refractivity contribution in [1.82, 2.24) is 5.32 Å². The molecule has 1 amide bonds. The van der Waals surface area contributed by atoms with Crippen LogP contribution in [0.15, 0.2) is 0 Å². The van der Waals surface area contributed by atoms with Crippen molar-refractivity contribution in [2.24, 2.45) is 5.41 Å². The molecule has 0 radical (unpaired) electrons. The van der Waals surface area contributed by atoms with E-state index in [1.54, 1.807) is 0 Å². The molecule has 1 atom stereocenters. The van der Waals surface area contributed by atoms with Gasteiger partial charge in [0.15, 0.2) is 0 Å². The lowest BCUT2D eigenvalue weighted by atomic mass is 10.0. The highest BCUT2D eigenvalue weighted by Gasteiger charge is 2.50. The van der Waals surface area contributed by atoms with Crippen molar-refractivity contribution in [1.29, 1.82) is 0 Å². The monoisotopic (exact) mass is 283 g/mol. The van der Waals surface area contributed by atoms with Crippen LogP contribution in [-0.4, -0.2) is 42.9 Å². The maximum atomic E-state index is 12.2. The number of rotatable bonds is 7. The van der Waals surface area contributed by atoms with Crippen LogP contribution in [0.25, 0.3) is 0 Å². The van der Waals surface area contributed by atoms with Gasteiger partial charge in [-0.05, 0) is 19.3 Å². The molecule has 0 spiro atoms. The number of nitrogens with one attached hydrogen (secondary N) is 1. The number of amides is 1. The van der Waals surface area contributed by atoms with Crippen molar-refractivity contribution in [2.45, 2.75) is 37.9 Å². The quantitative estimate of drug-likeness (QED) is 0.739. The third-order valence-electron chi connectivity index (χ3n) is 3.16. The fourth-order valence-corrected chi connectivity index (χ4v) is 1.78. The van der Waals surface area contributed by atoms with Crippen LogP contribution < -0.4 is 5.32 Å². The van der Waals surface area contributed by atoms with Crippen molar-refractivity contribution in [2.75, 3.05) is 13.7 Å². The molecule has 1 aliphatic carbocycles. The largest absolute Gasteiger partial charge is 0.480 e. The lowest BCUT2D eigenvalue weighted by molar-refractivity contribution is -0.160. The van der Waals surface area contributed by atoms with Gasteiger partial charge in [-0.15, -0.1) is 0 Å². The predicted molar refractivity (Wildman–Crippen MR) is 58.4 cm³/mol. The Balaban J connectivity index is 2.59. The molecule has 0 heterocycles. The summed E-state index contributed by atoms with van der Waals surface area (Å²) in [5.74, 6) is -2.32. The summed E-state index contributed by atoms with van der Waals surface area (Å²) in [6.07, 6.45) is -4.75. The topological polar surface area (TPSA) is 75.6 Å². The number of methoxy groups -OCH3 is 1. The number of carbonyl (C=O) groups is 2. The van der Waals surface area contributed by atoms with Crippen molar-refractivity contribution in [3.05, 3.63) is 0 Å². The maximum Gasteiger partial charge on any atom is 0.391 e. The van der Waals surface area contributed by atoms with Gasteiger partial charge in [-0.3, -0.25) is 4.79 Å². The summed E-state index contributed by atoms with van der Waals surface area (Å²) in [4.78, 5) is 22.6. The van der Waals surface area contributed by atoms with Crippen LogP contribution in [0.5, 0.6) is 0 Å². The summed E-state index contributed by atoms with van der Waals surface area (Å²) in [7, 11) is 1.46. The van der Waals surface area contributed by atoms with Gasteiger partial charge >= 0.3 is 12.1 Å². The van der Waals surface area contributed by atoms with E-state index >= 15 is 0 Å². The van der Waals surface area contributed by atoms with Gasteiger partial charge in [-0.2, -0.15) is 13.2 Å². The Morgan fingerprint density at radius 3 is 2.37 bits per heavy atom. The minimum absolute atomic E-state index is 0.310. The van der Waals surface area contributed by atoms with Crippen LogP contribution in [0, 0.1) is 5.41 Å². The number of carbonyl (C=O) groups excluding carboxylic acids is 1. The molecule has 1 fully saturated rings. The molecule has 5 nitrogen and oxygen atoms in total. The first-order valence-electron chi connectivity index (χ1n) is 5.80. The molecule has 8 heteroatoms. The van der Waals surface area contributed by atoms with E-state index in [-0.39, 0.29) is 0 Å². The maximum absolute atomic E-state index is 12.2. The second-order valence-corrected chi connectivity index (χ2v) is 4.71. The van der Waals surface area contributed by atoms with E-state index in [0.717, 1.165) is 0 Å². The molecular formula is C11H16F3NO4. The Morgan fingerprint density at radius 1 is 1.42 bits per heavy atom. The van der Waals surface area contributed by atoms with Gasteiger partial charge < -0.3 is 15.2 Å². The summed E-state index contributed by atoms with van der Waals surface area (Å²) >= 11 is 0. The van der Waals surface area contributed by atoms with E-state index in [1.165, 1.54) is 7.11 Å². The number of hydrogen-bond donors (Lipinski definition) is 2. The molecule has 0 aliphatic heterocycles.